The van der Waals surface area contributed by atoms with E-state index in [1.54, 1.807) is 0 Å². The molecule has 0 aliphatic rings. The first-order valence-corrected chi connectivity index (χ1v) is 5.94. The third kappa shape index (κ3) is 19200. The second kappa shape index (κ2) is 72.1. The molecule has 178 valence electrons. The third-order valence-electron chi connectivity index (χ3n) is 0.167. The zero-order valence-electron chi connectivity index (χ0n) is 18.1. The van der Waals surface area contributed by atoms with Gasteiger partial charge in [0.1, 0.15) is 0 Å². The van der Waals surface area contributed by atoms with E-state index in [1.807, 2.05) is 0 Å². The van der Waals surface area contributed by atoms with E-state index in [4.69, 9.17) is 61.0 Å². The van der Waals surface area contributed by atoms with Crippen LogP contribution in [0.3, 0.4) is 0 Å². The number of aliphatic carboxylic acids is 5. The molecular weight excluding hydrogens is 411 g/mol. The minimum Gasteiger partial charge on any atom is -0.550 e. The van der Waals surface area contributed by atoms with Gasteiger partial charge < -0.3 is 66.4 Å². The molecule has 0 atom stereocenters. The van der Waals surface area contributed by atoms with Gasteiger partial charge in [-0.05, 0) is 6.92 Å². The fourth-order valence-electron chi connectivity index (χ4n) is 0. The Hall–Kier alpha value is -1.89. The van der Waals surface area contributed by atoms with Crippen LogP contribution in [0.1, 0.15) is 34.6 Å². The Bertz CT molecular complexity index is 257. The predicted molar refractivity (Wildman–Crippen MR) is 102 cm³/mol. The molecule has 0 rings (SSSR count). The summed E-state index contributed by atoms with van der Waals surface area (Å²) in [7, 11) is 0. The predicted octanol–water partition coefficient (Wildman–Crippen LogP) is -4.32. The molecule has 0 aliphatic heterocycles. The molecule has 16 nitrogen and oxygen atoms in total. The Morgan fingerprint density at radius 2 is 0.621 bits per heavy atom. The van der Waals surface area contributed by atoms with Crippen LogP contribution in [-0.4, -0.2) is 63.4 Å². The molecular formula is C12H39N6NaO10. The topological polar surface area (TPSA) is 381 Å². The summed E-state index contributed by atoms with van der Waals surface area (Å²) < 4.78 is 0. The van der Waals surface area contributed by atoms with Crippen LogP contribution in [-0.2, 0) is 24.0 Å². The number of carboxylic acids is 5. The van der Waals surface area contributed by atoms with Gasteiger partial charge in [0.05, 0.1) is 0 Å². The van der Waals surface area contributed by atoms with E-state index < -0.39 is 29.8 Å². The maximum Gasteiger partial charge on any atom is 1.00 e. The Kier molecular flexibility index (Phi) is 177. The molecule has 29 heavy (non-hydrogen) atoms. The van der Waals surface area contributed by atoms with Crippen molar-refractivity contribution in [3.63, 3.8) is 0 Å². The third-order valence-corrected chi connectivity index (χ3v) is 0.167. The summed E-state index contributed by atoms with van der Waals surface area (Å²) in [5, 5.41) is 38.6. The number of carboxylic acid groups (broad SMARTS) is 5. The van der Waals surface area contributed by atoms with Crippen LogP contribution in [0.2, 0.25) is 0 Å². The van der Waals surface area contributed by atoms with Gasteiger partial charge in [-0.1, -0.05) is 0 Å². The zero-order valence-corrected chi connectivity index (χ0v) is 20.1. The van der Waals surface area contributed by atoms with E-state index in [0.29, 0.717) is 13.1 Å². The van der Waals surface area contributed by atoms with E-state index in [2.05, 4.69) is 0 Å². The molecule has 0 fully saturated rings. The minimum atomic E-state index is -1.08. The van der Waals surface area contributed by atoms with Crippen LogP contribution in [0.25, 0.3) is 0 Å². The van der Waals surface area contributed by atoms with Gasteiger partial charge in [-0.15, -0.1) is 0 Å². The number of rotatable bonds is 1. The average molecular weight is 450 g/mol. The van der Waals surface area contributed by atoms with E-state index in [9.17, 15) is 0 Å². The van der Waals surface area contributed by atoms with E-state index in [1.165, 1.54) is 0 Å². The van der Waals surface area contributed by atoms with Crippen LogP contribution in [0, 0.1) is 0 Å². The van der Waals surface area contributed by atoms with Gasteiger partial charge >= 0.3 is 29.6 Å². The molecule has 0 heterocycles. The Morgan fingerprint density at radius 1 is 0.586 bits per heavy atom. The second-order valence-corrected chi connectivity index (χ2v) is 3.15. The SMILES string of the molecule is CC(=O)O.CC(=O)O.CC(=O)O.CC(=O)O.CC(=O)[O-].N.N.N.N.NCCN.[Na+]. The number of hydrogen-bond donors (Lipinski definition) is 10. The van der Waals surface area contributed by atoms with Crippen LogP contribution < -0.4 is 70.7 Å². The van der Waals surface area contributed by atoms with Crippen molar-refractivity contribution in [2.45, 2.75) is 34.6 Å². The molecule has 0 spiro atoms. The quantitative estimate of drug-likeness (QED) is 0.169. The van der Waals surface area contributed by atoms with Crippen LogP contribution in [0.15, 0.2) is 0 Å². The molecule has 0 saturated carbocycles. The first-order chi connectivity index (χ1) is 10.6. The molecule has 0 amide bonds. The summed E-state index contributed by atoms with van der Waals surface area (Å²) in [6.07, 6.45) is 0. The largest absolute Gasteiger partial charge is 1.00 e. The maximum atomic E-state index is 9.00. The van der Waals surface area contributed by atoms with Crippen molar-refractivity contribution in [2.24, 2.45) is 11.5 Å². The van der Waals surface area contributed by atoms with Gasteiger partial charge in [0.25, 0.3) is 23.9 Å². The van der Waals surface area contributed by atoms with E-state index in [-0.39, 0.29) is 54.2 Å². The zero-order chi connectivity index (χ0) is 21.3. The van der Waals surface area contributed by atoms with Crippen LogP contribution in [0.5, 0.6) is 0 Å². The Labute approximate surface area is 192 Å². The van der Waals surface area contributed by atoms with Crippen molar-refractivity contribution in [3.8, 4) is 0 Å². The molecule has 20 N–H and O–H groups in total. The number of hydrogen-bond acceptors (Lipinski definition) is 12. The minimum absolute atomic E-state index is 0. The molecule has 0 aromatic rings. The summed E-state index contributed by atoms with van der Waals surface area (Å²) in [5.74, 6) is -4.42. The summed E-state index contributed by atoms with van der Waals surface area (Å²) in [4.78, 5) is 44.9. The summed E-state index contributed by atoms with van der Waals surface area (Å²) in [6, 6.07) is 0. The normalized spacial score (nSPS) is 5.34. The van der Waals surface area contributed by atoms with Crippen molar-refractivity contribution >= 4 is 29.8 Å². The Morgan fingerprint density at radius 3 is 0.621 bits per heavy atom. The van der Waals surface area contributed by atoms with Crippen LogP contribution in [0.4, 0.5) is 0 Å². The first kappa shape index (κ1) is 71.2. The number of nitrogens with two attached hydrogens (primary N) is 2. The first-order valence-electron chi connectivity index (χ1n) is 5.94. The molecule has 0 aromatic carbocycles. The molecule has 0 aromatic heterocycles. The van der Waals surface area contributed by atoms with Gasteiger partial charge in [-0.2, -0.15) is 0 Å². The number of carbonyl (C=O) groups is 5. The summed E-state index contributed by atoms with van der Waals surface area (Å²) >= 11 is 0. The van der Waals surface area contributed by atoms with Crippen molar-refractivity contribution in [1.82, 2.24) is 24.6 Å². The molecule has 17 heteroatoms. The maximum absolute atomic E-state index is 9.00. The van der Waals surface area contributed by atoms with E-state index >= 15 is 0 Å². The molecule has 0 bridgehead atoms. The van der Waals surface area contributed by atoms with Crippen LogP contribution >= 0.6 is 0 Å². The summed E-state index contributed by atoms with van der Waals surface area (Å²) in [6.45, 7) is 6.50. The van der Waals surface area contributed by atoms with Gasteiger partial charge in [0.15, 0.2) is 0 Å². The molecule has 0 radical (unpaired) electrons. The van der Waals surface area contributed by atoms with Gasteiger partial charge in [-0.3, -0.25) is 19.2 Å². The van der Waals surface area contributed by atoms with Crippen molar-refractivity contribution < 1.29 is 79.1 Å². The molecule has 0 unspecified atom stereocenters. The summed E-state index contributed by atoms with van der Waals surface area (Å²) in [5.41, 5.74) is 9.81. The van der Waals surface area contributed by atoms with Gasteiger partial charge in [0, 0.05) is 46.8 Å². The molecule has 0 aliphatic carbocycles. The standard InChI is InChI=1S/C2H8N2.5C2H4O2.4H3N.Na/c3-1-2-4;5*1-2(3)4;;;;;/h1-4H2;5*1H3,(H,3,4);4*1H3;/q;;;;;;;;;;+1/p-1. The second-order valence-electron chi connectivity index (χ2n) is 3.15. The van der Waals surface area contributed by atoms with Crippen molar-refractivity contribution in [1.29, 1.82) is 0 Å². The smallest absolute Gasteiger partial charge is 0.550 e. The fourth-order valence-corrected chi connectivity index (χ4v) is 0. The van der Waals surface area contributed by atoms with Gasteiger partial charge in [0.2, 0.25) is 0 Å². The Balaban J connectivity index is -0.0000000144. The average Bonchev–Trinajstić information content (AvgIpc) is 2.24. The molecule has 0 saturated heterocycles. The fraction of sp³-hybridized carbons (Fsp3) is 0.583. The van der Waals surface area contributed by atoms with Crippen molar-refractivity contribution in [2.75, 3.05) is 13.1 Å². The van der Waals surface area contributed by atoms with Crippen molar-refractivity contribution in [3.05, 3.63) is 0 Å². The van der Waals surface area contributed by atoms with Gasteiger partial charge in [-0.25, -0.2) is 0 Å². The monoisotopic (exact) mass is 450 g/mol. The number of carbonyl (C=O) groups excluding carboxylic acids is 1. The van der Waals surface area contributed by atoms with E-state index in [0.717, 1.165) is 34.6 Å².